The van der Waals surface area contributed by atoms with Gasteiger partial charge in [-0.15, -0.1) is 0 Å². The Bertz CT molecular complexity index is 867. The van der Waals surface area contributed by atoms with Crippen LogP contribution in [-0.4, -0.2) is 17.5 Å². The van der Waals surface area contributed by atoms with E-state index in [1.165, 1.54) is 0 Å². The molecule has 2 aromatic carbocycles. The van der Waals surface area contributed by atoms with Gasteiger partial charge >= 0.3 is 0 Å². The first-order valence-corrected chi connectivity index (χ1v) is 8.76. The first-order valence-electron chi connectivity index (χ1n) is 8.38. The number of amides is 1. The standard InChI is InChI=1S/C21H19ClN2O2/c1-2-26-18-12-10-16(11-13-18)21(25)24(20-9-5-6-14-23-20)15-17-7-3-4-8-19(17)22/h3-14H,2,15H2,1H3. The number of carbonyl (C=O) groups is 1. The fraction of sp³-hybridized carbons (Fsp3) is 0.143. The van der Waals surface area contributed by atoms with Gasteiger partial charge in [-0.2, -0.15) is 0 Å². The number of aromatic nitrogens is 1. The number of benzene rings is 2. The van der Waals surface area contributed by atoms with E-state index in [2.05, 4.69) is 4.98 Å². The van der Waals surface area contributed by atoms with Crippen molar-refractivity contribution >= 4 is 23.3 Å². The molecule has 0 unspecified atom stereocenters. The zero-order chi connectivity index (χ0) is 18.4. The van der Waals surface area contributed by atoms with Crippen molar-refractivity contribution in [1.82, 2.24) is 4.98 Å². The lowest BCUT2D eigenvalue weighted by atomic mass is 10.1. The number of halogens is 1. The van der Waals surface area contributed by atoms with E-state index in [1.54, 1.807) is 35.4 Å². The minimum atomic E-state index is -0.147. The quantitative estimate of drug-likeness (QED) is 0.617. The van der Waals surface area contributed by atoms with Crippen molar-refractivity contribution < 1.29 is 9.53 Å². The molecule has 0 atom stereocenters. The van der Waals surface area contributed by atoms with E-state index in [9.17, 15) is 4.79 Å². The van der Waals surface area contributed by atoms with Crippen molar-refractivity contribution in [2.24, 2.45) is 0 Å². The Balaban J connectivity index is 1.92. The summed E-state index contributed by atoms with van der Waals surface area (Å²) in [6.45, 7) is 2.84. The van der Waals surface area contributed by atoms with E-state index in [-0.39, 0.29) is 5.91 Å². The summed E-state index contributed by atoms with van der Waals surface area (Å²) in [5.74, 6) is 1.16. The summed E-state index contributed by atoms with van der Waals surface area (Å²) in [6, 6.07) is 20.1. The van der Waals surface area contributed by atoms with Gasteiger partial charge in [0.1, 0.15) is 11.6 Å². The fourth-order valence-corrected chi connectivity index (χ4v) is 2.78. The molecule has 1 amide bonds. The molecule has 0 aliphatic rings. The minimum absolute atomic E-state index is 0.147. The van der Waals surface area contributed by atoms with Crippen molar-refractivity contribution in [3.8, 4) is 5.75 Å². The number of hydrogen-bond donors (Lipinski definition) is 0. The largest absolute Gasteiger partial charge is 0.494 e. The Hall–Kier alpha value is -2.85. The SMILES string of the molecule is CCOc1ccc(C(=O)N(Cc2ccccc2Cl)c2ccccn2)cc1. The highest BCUT2D eigenvalue weighted by molar-refractivity contribution is 6.31. The second-order valence-electron chi connectivity index (χ2n) is 5.63. The number of hydrogen-bond acceptors (Lipinski definition) is 3. The number of ether oxygens (including phenoxy) is 1. The third-order valence-electron chi connectivity index (χ3n) is 3.87. The molecular weight excluding hydrogens is 348 g/mol. The summed E-state index contributed by atoms with van der Waals surface area (Å²) in [4.78, 5) is 19.1. The van der Waals surface area contributed by atoms with Crippen LogP contribution in [0, 0.1) is 0 Å². The van der Waals surface area contributed by atoms with Crippen LogP contribution in [-0.2, 0) is 6.54 Å². The Morgan fingerprint density at radius 1 is 1.04 bits per heavy atom. The zero-order valence-corrected chi connectivity index (χ0v) is 15.2. The maximum absolute atomic E-state index is 13.1. The molecule has 0 N–H and O–H groups in total. The maximum atomic E-state index is 13.1. The van der Waals surface area contributed by atoms with E-state index >= 15 is 0 Å². The van der Waals surface area contributed by atoms with Gasteiger partial charge in [-0.3, -0.25) is 9.69 Å². The van der Waals surface area contributed by atoms with Gasteiger partial charge in [0.15, 0.2) is 0 Å². The summed E-state index contributed by atoms with van der Waals surface area (Å²) in [5, 5.41) is 0.618. The Kier molecular flexibility index (Phi) is 5.87. The van der Waals surface area contributed by atoms with Crippen LogP contribution in [0.3, 0.4) is 0 Å². The lowest BCUT2D eigenvalue weighted by Crippen LogP contribution is -2.31. The average Bonchev–Trinajstić information content (AvgIpc) is 2.68. The molecule has 3 rings (SSSR count). The highest BCUT2D eigenvalue weighted by Crippen LogP contribution is 2.23. The monoisotopic (exact) mass is 366 g/mol. The number of nitrogens with zero attached hydrogens (tertiary/aromatic N) is 2. The fourth-order valence-electron chi connectivity index (χ4n) is 2.58. The number of pyridine rings is 1. The molecule has 0 fully saturated rings. The Morgan fingerprint density at radius 3 is 2.42 bits per heavy atom. The molecule has 0 spiro atoms. The van der Waals surface area contributed by atoms with Crippen LogP contribution < -0.4 is 9.64 Å². The third kappa shape index (κ3) is 4.21. The summed E-state index contributed by atoms with van der Waals surface area (Å²) in [6.07, 6.45) is 1.67. The molecule has 4 nitrogen and oxygen atoms in total. The summed E-state index contributed by atoms with van der Waals surface area (Å²) < 4.78 is 5.44. The van der Waals surface area contributed by atoms with Gasteiger partial charge in [0.2, 0.25) is 0 Å². The topological polar surface area (TPSA) is 42.4 Å². The van der Waals surface area contributed by atoms with Crippen LogP contribution >= 0.6 is 11.6 Å². The van der Waals surface area contributed by atoms with E-state index in [4.69, 9.17) is 16.3 Å². The molecule has 3 aromatic rings. The molecule has 0 aliphatic carbocycles. The first-order chi connectivity index (χ1) is 12.7. The molecule has 1 aromatic heterocycles. The number of carbonyl (C=O) groups excluding carboxylic acids is 1. The molecule has 0 bridgehead atoms. The molecule has 0 saturated heterocycles. The molecule has 26 heavy (non-hydrogen) atoms. The molecule has 132 valence electrons. The second kappa shape index (κ2) is 8.50. The van der Waals surface area contributed by atoms with Gasteiger partial charge in [0, 0.05) is 16.8 Å². The number of anilines is 1. The Morgan fingerprint density at radius 2 is 1.77 bits per heavy atom. The smallest absolute Gasteiger partial charge is 0.259 e. The second-order valence-corrected chi connectivity index (χ2v) is 6.04. The van der Waals surface area contributed by atoms with Crippen LogP contribution in [0.1, 0.15) is 22.8 Å². The van der Waals surface area contributed by atoms with E-state index in [0.29, 0.717) is 29.6 Å². The molecule has 0 radical (unpaired) electrons. The van der Waals surface area contributed by atoms with E-state index in [0.717, 1.165) is 11.3 Å². The van der Waals surface area contributed by atoms with Gasteiger partial charge < -0.3 is 4.74 Å². The van der Waals surface area contributed by atoms with Gasteiger partial charge in [0.05, 0.1) is 13.2 Å². The van der Waals surface area contributed by atoms with Gasteiger partial charge in [-0.1, -0.05) is 35.9 Å². The summed E-state index contributed by atoms with van der Waals surface area (Å²) in [5.41, 5.74) is 1.42. The van der Waals surface area contributed by atoms with E-state index in [1.807, 2.05) is 49.4 Å². The molecule has 5 heteroatoms. The molecule has 1 heterocycles. The normalized spacial score (nSPS) is 10.4. The first kappa shape index (κ1) is 18.0. The van der Waals surface area contributed by atoms with Crippen molar-refractivity contribution in [2.45, 2.75) is 13.5 Å². The predicted molar refractivity (Wildman–Crippen MR) is 104 cm³/mol. The summed E-state index contributed by atoms with van der Waals surface area (Å²) >= 11 is 6.29. The zero-order valence-electron chi connectivity index (χ0n) is 14.4. The maximum Gasteiger partial charge on any atom is 0.259 e. The van der Waals surface area contributed by atoms with Crippen molar-refractivity contribution in [3.63, 3.8) is 0 Å². The van der Waals surface area contributed by atoms with Gasteiger partial charge in [-0.25, -0.2) is 4.98 Å². The van der Waals surface area contributed by atoms with E-state index < -0.39 is 0 Å². The predicted octanol–water partition coefficient (Wildman–Crippen LogP) is 4.98. The van der Waals surface area contributed by atoms with Crippen LogP contribution in [0.2, 0.25) is 5.02 Å². The summed E-state index contributed by atoms with van der Waals surface area (Å²) in [7, 11) is 0. The number of rotatable bonds is 6. The van der Waals surface area contributed by atoms with Crippen molar-refractivity contribution in [2.75, 3.05) is 11.5 Å². The van der Waals surface area contributed by atoms with Crippen molar-refractivity contribution in [3.05, 3.63) is 89.1 Å². The molecule has 0 saturated carbocycles. The third-order valence-corrected chi connectivity index (χ3v) is 4.24. The van der Waals surface area contributed by atoms with Crippen LogP contribution in [0.5, 0.6) is 5.75 Å². The van der Waals surface area contributed by atoms with Crippen molar-refractivity contribution in [1.29, 1.82) is 0 Å². The van der Waals surface area contributed by atoms with Crippen LogP contribution in [0.4, 0.5) is 5.82 Å². The van der Waals surface area contributed by atoms with Crippen LogP contribution in [0.25, 0.3) is 0 Å². The molecule has 0 aliphatic heterocycles. The Labute approximate surface area is 158 Å². The van der Waals surface area contributed by atoms with Gasteiger partial charge in [0.25, 0.3) is 5.91 Å². The van der Waals surface area contributed by atoms with Crippen LogP contribution in [0.15, 0.2) is 72.9 Å². The van der Waals surface area contributed by atoms with Gasteiger partial charge in [-0.05, 0) is 55.0 Å². The minimum Gasteiger partial charge on any atom is -0.494 e. The highest BCUT2D eigenvalue weighted by atomic mass is 35.5. The molecular formula is C21H19ClN2O2. The lowest BCUT2D eigenvalue weighted by molar-refractivity contribution is 0.0984. The highest BCUT2D eigenvalue weighted by Gasteiger charge is 2.20. The average molecular weight is 367 g/mol. The lowest BCUT2D eigenvalue weighted by Gasteiger charge is -2.22.